The highest BCUT2D eigenvalue weighted by atomic mass is 19.4. The van der Waals surface area contributed by atoms with Crippen molar-refractivity contribution < 1.29 is 31.1 Å². The number of H-pyrrole nitrogens is 1. The molecule has 0 radical (unpaired) electrons. The van der Waals surface area contributed by atoms with Gasteiger partial charge in [-0.05, 0) is 0 Å². The highest BCUT2D eigenvalue weighted by Crippen LogP contribution is 2.33. The molecule has 0 aromatic carbocycles. The summed E-state index contributed by atoms with van der Waals surface area (Å²) in [6.07, 6.45) is -6.82. The molecule has 0 aliphatic heterocycles. The molecule has 3 aromatic rings. The molecule has 0 fully saturated rings. The number of hydrogen-bond donors (Lipinski definition) is 2. The monoisotopic (exact) mass is 366 g/mol. The van der Waals surface area contributed by atoms with E-state index in [2.05, 4.69) is 30.2 Å². The predicted octanol–water partition coefficient (Wildman–Crippen LogP) is 3.25. The molecule has 0 saturated heterocycles. The van der Waals surface area contributed by atoms with Crippen molar-refractivity contribution in [2.45, 2.75) is 19.1 Å². The average Bonchev–Trinajstić information content (AvgIpc) is 3.12. The molecule has 2 N–H and O–H groups in total. The van der Waals surface area contributed by atoms with Crippen LogP contribution in [0.3, 0.4) is 0 Å². The van der Waals surface area contributed by atoms with E-state index in [4.69, 9.17) is 0 Å². The van der Waals surface area contributed by atoms with E-state index in [0.29, 0.717) is 12.0 Å². The Bertz CT molecular complexity index is 869. The fourth-order valence-electron chi connectivity index (χ4n) is 1.99. The zero-order valence-electron chi connectivity index (χ0n) is 12.0. The first-order valence-corrected chi connectivity index (χ1v) is 6.55. The second-order valence-electron chi connectivity index (χ2n) is 4.75. The van der Waals surface area contributed by atoms with Crippen molar-refractivity contribution in [1.29, 1.82) is 0 Å². The molecule has 0 unspecified atom stereocenters. The van der Waals surface area contributed by atoms with Crippen LogP contribution in [-0.2, 0) is 17.5 Å². The number of aromatic amines is 1. The first kappa shape index (κ1) is 17.0. The largest absolute Gasteiger partial charge is 0.522 e. The third-order valence-electron chi connectivity index (χ3n) is 2.98. The molecule has 0 aliphatic carbocycles. The number of nitrogens with zero attached hydrogens (tertiary/aromatic N) is 4. The van der Waals surface area contributed by atoms with Crippen LogP contribution in [0.1, 0.15) is 11.3 Å². The van der Waals surface area contributed by atoms with E-state index in [1.54, 1.807) is 0 Å². The molecule has 7 nitrogen and oxygen atoms in total. The van der Waals surface area contributed by atoms with Gasteiger partial charge >= 0.3 is 12.5 Å². The molecule has 134 valence electrons. The summed E-state index contributed by atoms with van der Waals surface area (Å²) in [4.78, 5) is 7.24. The molecule has 0 amide bonds. The normalized spacial score (nSPS) is 12.7. The van der Waals surface area contributed by atoms with Gasteiger partial charge in [0.15, 0.2) is 5.65 Å². The van der Waals surface area contributed by atoms with E-state index in [1.165, 1.54) is 12.3 Å². The maximum atomic E-state index is 13.1. The Morgan fingerprint density at radius 3 is 2.56 bits per heavy atom. The Labute approximate surface area is 134 Å². The van der Waals surface area contributed by atoms with Crippen molar-refractivity contribution in [3.05, 3.63) is 35.9 Å². The zero-order valence-corrected chi connectivity index (χ0v) is 12.0. The van der Waals surface area contributed by atoms with Crippen molar-refractivity contribution in [2.75, 3.05) is 5.32 Å². The number of rotatable bonds is 4. The molecule has 3 heterocycles. The van der Waals surface area contributed by atoms with Gasteiger partial charge in [-0.1, -0.05) is 0 Å². The van der Waals surface area contributed by atoms with Crippen molar-refractivity contribution >= 4 is 17.4 Å². The number of ether oxygens (including phenoxy) is 1. The molecule has 0 saturated carbocycles. The molecule has 3 aromatic heterocycles. The van der Waals surface area contributed by atoms with E-state index in [1.807, 2.05) is 0 Å². The van der Waals surface area contributed by atoms with Gasteiger partial charge in [0.2, 0.25) is 5.95 Å². The first-order chi connectivity index (χ1) is 11.6. The number of alkyl halides is 6. The van der Waals surface area contributed by atoms with Crippen molar-refractivity contribution in [3.63, 3.8) is 0 Å². The van der Waals surface area contributed by atoms with Gasteiger partial charge in [0.1, 0.15) is 11.4 Å². The SMILES string of the molecule is FC(F)(F)OCc1cn2c(Nc3ccn[nH]3)ncc(C(F)(F)F)c2n1. The molecule has 3 rings (SSSR count). The van der Waals surface area contributed by atoms with Crippen LogP contribution in [0.4, 0.5) is 38.1 Å². The van der Waals surface area contributed by atoms with Crippen LogP contribution < -0.4 is 5.32 Å². The maximum Gasteiger partial charge on any atom is 0.522 e. The van der Waals surface area contributed by atoms with Gasteiger partial charge in [0, 0.05) is 18.5 Å². The van der Waals surface area contributed by atoms with Crippen LogP contribution in [0.15, 0.2) is 24.7 Å². The number of imidazole rings is 1. The zero-order chi connectivity index (χ0) is 18.2. The number of aromatic nitrogens is 5. The molecular weight excluding hydrogens is 358 g/mol. The van der Waals surface area contributed by atoms with Crippen LogP contribution in [0.2, 0.25) is 0 Å². The number of hydrogen-bond acceptors (Lipinski definition) is 5. The van der Waals surface area contributed by atoms with E-state index in [0.717, 1.165) is 10.6 Å². The summed E-state index contributed by atoms with van der Waals surface area (Å²) in [5.74, 6) is 0.216. The summed E-state index contributed by atoms with van der Waals surface area (Å²) >= 11 is 0. The standard InChI is InChI=1S/C12H8F6N6O/c13-11(14,15)7-3-19-10(22-8-1-2-20-23-8)24-4-6(21-9(7)24)5-25-12(16,17)18/h1-4H,5H2,(H2,19,20,22,23). The van der Waals surface area contributed by atoms with E-state index in [-0.39, 0.29) is 11.6 Å². The van der Waals surface area contributed by atoms with Crippen LogP contribution in [0.25, 0.3) is 5.65 Å². The Kier molecular flexibility index (Phi) is 4.02. The highest BCUT2D eigenvalue weighted by Gasteiger charge is 2.36. The lowest BCUT2D eigenvalue weighted by Crippen LogP contribution is -2.13. The van der Waals surface area contributed by atoms with Gasteiger partial charge in [-0.3, -0.25) is 14.2 Å². The average molecular weight is 366 g/mol. The predicted molar refractivity (Wildman–Crippen MR) is 70.7 cm³/mol. The Balaban J connectivity index is 2.04. The summed E-state index contributed by atoms with van der Waals surface area (Å²) < 4.78 is 80.1. The minimum atomic E-state index is -4.93. The van der Waals surface area contributed by atoms with Crippen molar-refractivity contribution in [2.24, 2.45) is 0 Å². The smallest absolute Gasteiger partial charge is 0.310 e. The first-order valence-electron chi connectivity index (χ1n) is 6.55. The fourth-order valence-corrected chi connectivity index (χ4v) is 1.99. The summed E-state index contributed by atoms with van der Waals surface area (Å²) in [5, 5.41) is 8.82. The Hall–Kier alpha value is -2.83. The van der Waals surface area contributed by atoms with Crippen molar-refractivity contribution in [1.82, 2.24) is 24.6 Å². The number of anilines is 2. The quantitative estimate of drug-likeness (QED) is 0.693. The topological polar surface area (TPSA) is 80.1 Å². The third kappa shape index (κ3) is 3.81. The third-order valence-corrected chi connectivity index (χ3v) is 2.98. The molecule has 13 heteroatoms. The summed E-state index contributed by atoms with van der Waals surface area (Å²) in [7, 11) is 0. The van der Waals surface area contributed by atoms with Gasteiger partial charge in [-0.15, -0.1) is 13.2 Å². The maximum absolute atomic E-state index is 13.1. The van der Waals surface area contributed by atoms with Crippen molar-refractivity contribution in [3.8, 4) is 0 Å². The van der Waals surface area contributed by atoms with E-state index < -0.39 is 30.4 Å². The van der Waals surface area contributed by atoms with Gasteiger partial charge in [0.05, 0.1) is 18.5 Å². The number of fused-ring (bicyclic) bond motifs is 1. The molecule has 0 aliphatic rings. The summed E-state index contributed by atoms with van der Waals surface area (Å²) in [5.41, 5.74) is -2.14. The minimum absolute atomic E-state index is 0.0991. The molecule has 0 spiro atoms. The van der Waals surface area contributed by atoms with Gasteiger partial charge in [-0.25, -0.2) is 9.97 Å². The second kappa shape index (κ2) is 5.91. The molecule has 0 bridgehead atoms. The lowest BCUT2D eigenvalue weighted by molar-refractivity contribution is -0.330. The Morgan fingerprint density at radius 1 is 1.20 bits per heavy atom. The van der Waals surface area contributed by atoms with E-state index in [9.17, 15) is 26.3 Å². The Morgan fingerprint density at radius 2 is 1.96 bits per heavy atom. The van der Waals surface area contributed by atoms with Crippen LogP contribution in [0, 0.1) is 0 Å². The van der Waals surface area contributed by atoms with Gasteiger partial charge in [0.25, 0.3) is 0 Å². The fraction of sp³-hybridized carbons (Fsp3) is 0.250. The van der Waals surface area contributed by atoms with Gasteiger partial charge < -0.3 is 5.32 Å². The highest BCUT2D eigenvalue weighted by molar-refractivity contribution is 5.57. The molecular formula is C12H8F6N6O. The summed E-state index contributed by atoms with van der Waals surface area (Å²) in [6, 6.07) is 1.48. The van der Waals surface area contributed by atoms with Crippen LogP contribution in [0.5, 0.6) is 0 Å². The molecule has 0 atom stereocenters. The summed E-state index contributed by atoms with van der Waals surface area (Å²) in [6.45, 7) is -1.04. The number of nitrogens with one attached hydrogen (secondary N) is 2. The number of halogens is 6. The van der Waals surface area contributed by atoms with E-state index >= 15 is 0 Å². The lowest BCUT2D eigenvalue weighted by Gasteiger charge is -2.10. The van der Waals surface area contributed by atoms with Gasteiger partial charge in [-0.2, -0.15) is 18.3 Å². The minimum Gasteiger partial charge on any atom is -0.310 e. The lowest BCUT2D eigenvalue weighted by atomic mass is 10.3. The second-order valence-corrected chi connectivity index (χ2v) is 4.75. The van der Waals surface area contributed by atoms with Crippen LogP contribution in [-0.4, -0.2) is 30.9 Å². The van der Waals surface area contributed by atoms with Crippen LogP contribution >= 0.6 is 0 Å². The molecule has 25 heavy (non-hydrogen) atoms.